The van der Waals surface area contributed by atoms with Gasteiger partial charge in [0, 0.05) is 19.7 Å². The van der Waals surface area contributed by atoms with Crippen LogP contribution in [-0.4, -0.2) is 49.6 Å². The minimum atomic E-state index is -4.48. The number of nitrogens with one attached hydrogen (secondary N) is 1. The Morgan fingerprint density at radius 2 is 1.73 bits per heavy atom. The van der Waals surface area contributed by atoms with Crippen molar-refractivity contribution in [3.8, 4) is 11.5 Å². The number of carbonyl (C=O) groups is 2. The Kier molecular flexibility index (Phi) is 5.69. The molecule has 3 amide bonds. The summed E-state index contributed by atoms with van der Waals surface area (Å²) in [4.78, 5) is 28.8. The van der Waals surface area contributed by atoms with Crippen molar-refractivity contribution < 1.29 is 32.2 Å². The van der Waals surface area contributed by atoms with Gasteiger partial charge >= 0.3 is 12.2 Å². The predicted molar refractivity (Wildman–Crippen MR) is 112 cm³/mol. The summed E-state index contributed by atoms with van der Waals surface area (Å²) in [7, 11) is 4.54. The van der Waals surface area contributed by atoms with Crippen molar-refractivity contribution in [1.29, 1.82) is 0 Å². The highest BCUT2D eigenvalue weighted by Gasteiger charge is 2.43. The summed E-state index contributed by atoms with van der Waals surface area (Å²) < 4.78 is 49.9. The van der Waals surface area contributed by atoms with Crippen molar-refractivity contribution in [1.82, 2.24) is 15.1 Å². The van der Waals surface area contributed by atoms with Crippen LogP contribution in [0.15, 0.2) is 53.7 Å². The maximum atomic E-state index is 13.4. The Labute approximate surface area is 188 Å². The Morgan fingerprint density at radius 3 is 2.33 bits per heavy atom. The molecule has 0 aromatic heterocycles. The summed E-state index contributed by atoms with van der Waals surface area (Å²) in [6.45, 7) is 0.0812. The molecule has 2 aliphatic heterocycles. The van der Waals surface area contributed by atoms with Gasteiger partial charge in [-0.15, -0.1) is 0 Å². The molecule has 33 heavy (non-hydrogen) atoms. The third-order valence-electron chi connectivity index (χ3n) is 5.77. The first kappa shape index (κ1) is 22.5. The number of benzene rings is 2. The molecule has 0 aliphatic carbocycles. The summed E-state index contributed by atoms with van der Waals surface area (Å²) in [5, 5.41) is 2.82. The van der Waals surface area contributed by atoms with Gasteiger partial charge in [-0.25, -0.2) is 4.79 Å². The molecule has 7 nitrogen and oxygen atoms in total. The standard InChI is InChI=1S/C23H22F3N3O4/c1-28-18-12-29(11-13-5-4-6-15(7-13)23(24,25)26)21(30)19(18)20(27-22(28)31)14-8-16(32-2)10-17(9-14)33-3/h4-10,20H,11-12H2,1-3H3,(H,27,31)/t20-/m0/s1. The van der Waals surface area contributed by atoms with Crippen molar-refractivity contribution in [2.45, 2.75) is 18.8 Å². The van der Waals surface area contributed by atoms with Crippen LogP contribution in [0, 0.1) is 0 Å². The lowest BCUT2D eigenvalue weighted by molar-refractivity contribution is -0.137. The first-order valence-corrected chi connectivity index (χ1v) is 10.1. The predicted octanol–water partition coefficient (Wildman–Crippen LogP) is 3.72. The van der Waals surface area contributed by atoms with E-state index in [1.807, 2.05) is 0 Å². The fourth-order valence-electron chi connectivity index (χ4n) is 4.06. The molecule has 0 radical (unpaired) electrons. The summed E-state index contributed by atoms with van der Waals surface area (Å²) in [5.74, 6) is 0.623. The molecule has 0 unspecified atom stereocenters. The number of methoxy groups -OCH3 is 2. The van der Waals surface area contributed by atoms with Gasteiger partial charge in [0.2, 0.25) is 0 Å². The molecule has 1 N–H and O–H groups in total. The number of ether oxygens (including phenoxy) is 2. The van der Waals surface area contributed by atoms with E-state index in [-0.39, 0.29) is 19.0 Å². The number of rotatable bonds is 5. The van der Waals surface area contributed by atoms with Gasteiger partial charge < -0.3 is 19.7 Å². The van der Waals surface area contributed by atoms with Crippen LogP contribution in [0.5, 0.6) is 11.5 Å². The van der Waals surface area contributed by atoms with Gasteiger partial charge in [-0.05, 0) is 35.4 Å². The van der Waals surface area contributed by atoms with Crippen molar-refractivity contribution >= 4 is 11.9 Å². The van der Waals surface area contributed by atoms with E-state index in [0.717, 1.165) is 12.1 Å². The molecule has 2 aromatic carbocycles. The largest absolute Gasteiger partial charge is 0.497 e. The molecule has 1 atom stereocenters. The van der Waals surface area contributed by atoms with E-state index in [4.69, 9.17) is 9.47 Å². The minimum Gasteiger partial charge on any atom is -0.497 e. The third kappa shape index (κ3) is 4.20. The van der Waals surface area contributed by atoms with Crippen LogP contribution in [0.25, 0.3) is 0 Å². The molecule has 0 saturated carbocycles. The van der Waals surface area contributed by atoms with Crippen molar-refractivity contribution in [3.05, 3.63) is 70.4 Å². The first-order valence-electron chi connectivity index (χ1n) is 10.1. The Balaban J connectivity index is 1.67. The number of amides is 3. The quantitative estimate of drug-likeness (QED) is 0.737. The molecule has 0 spiro atoms. The number of alkyl halides is 3. The first-order chi connectivity index (χ1) is 15.6. The molecule has 0 saturated heterocycles. The van der Waals surface area contributed by atoms with Gasteiger partial charge in [0.05, 0.1) is 43.6 Å². The van der Waals surface area contributed by atoms with E-state index < -0.39 is 23.8 Å². The topological polar surface area (TPSA) is 71.1 Å². The summed E-state index contributed by atoms with van der Waals surface area (Å²) in [6.07, 6.45) is -4.48. The van der Waals surface area contributed by atoms with E-state index in [2.05, 4.69) is 5.32 Å². The van der Waals surface area contributed by atoms with E-state index >= 15 is 0 Å². The molecule has 0 bridgehead atoms. The zero-order valence-electron chi connectivity index (χ0n) is 18.2. The normalized spacial score (nSPS) is 18.4. The van der Waals surface area contributed by atoms with Crippen molar-refractivity contribution in [2.75, 3.05) is 27.8 Å². The number of nitrogens with zero attached hydrogens (tertiary/aromatic N) is 2. The molecular weight excluding hydrogens is 439 g/mol. The fourth-order valence-corrected chi connectivity index (χ4v) is 4.06. The van der Waals surface area contributed by atoms with E-state index in [0.29, 0.717) is 33.9 Å². The number of hydrogen-bond donors (Lipinski definition) is 1. The minimum absolute atomic E-state index is 0.0219. The van der Waals surface area contributed by atoms with Crippen LogP contribution in [-0.2, 0) is 17.5 Å². The van der Waals surface area contributed by atoms with Gasteiger partial charge in [-0.2, -0.15) is 13.2 Å². The molecule has 2 heterocycles. The molecule has 2 aromatic rings. The van der Waals surface area contributed by atoms with Crippen molar-refractivity contribution in [2.24, 2.45) is 0 Å². The Morgan fingerprint density at radius 1 is 1.06 bits per heavy atom. The van der Waals surface area contributed by atoms with Crippen LogP contribution < -0.4 is 14.8 Å². The second kappa shape index (κ2) is 8.34. The van der Waals surface area contributed by atoms with E-state index in [1.165, 1.54) is 36.2 Å². The van der Waals surface area contributed by atoms with Crippen LogP contribution in [0.3, 0.4) is 0 Å². The maximum absolute atomic E-state index is 13.4. The van der Waals surface area contributed by atoms with Gasteiger partial charge in [-0.3, -0.25) is 9.69 Å². The molecule has 174 valence electrons. The van der Waals surface area contributed by atoms with Gasteiger partial charge in [0.1, 0.15) is 11.5 Å². The van der Waals surface area contributed by atoms with E-state index in [9.17, 15) is 22.8 Å². The number of halogens is 3. The zero-order valence-corrected chi connectivity index (χ0v) is 18.2. The monoisotopic (exact) mass is 461 g/mol. The lowest BCUT2D eigenvalue weighted by Gasteiger charge is -2.31. The SMILES string of the molecule is COc1cc(OC)cc([C@@H]2NC(=O)N(C)C3=C2C(=O)N(Cc2cccc(C(F)(F)F)c2)C3)c1. The van der Waals surface area contributed by atoms with Gasteiger partial charge in [0.15, 0.2) is 0 Å². The molecular formula is C23H22F3N3O4. The van der Waals surface area contributed by atoms with Gasteiger partial charge in [-0.1, -0.05) is 12.1 Å². The smallest absolute Gasteiger partial charge is 0.416 e. The Bertz CT molecular complexity index is 1120. The average Bonchev–Trinajstić information content (AvgIpc) is 3.11. The molecule has 10 heteroatoms. The number of likely N-dealkylation sites (N-methyl/N-ethyl adjacent to an activating group) is 1. The van der Waals surface area contributed by atoms with Crippen LogP contribution in [0.4, 0.5) is 18.0 Å². The van der Waals surface area contributed by atoms with Crippen LogP contribution in [0.2, 0.25) is 0 Å². The number of hydrogen-bond acceptors (Lipinski definition) is 4. The summed E-state index contributed by atoms with van der Waals surface area (Å²) >= 11 is 0. The average molecular weight is 461 g/mol. The third-order valence-corrected chi connectivity index (χ3v) is 5.77. The number of carbonyl (C=O) groups excluding carboxylic acids is 2. The van der Waals surface area contributed by atoms with Crippen LogP contribution >= 0.6 is 0 Å². The zero-order chi connectivity index (χ0) is 23.9. The lowest BCUT2D eigenvalue weighted by Crippen LogP contribution is -2.45. The second-order valence-corrected chi connectivity index (χ2v) is 7.81. The number of urea groups is 1. The Hall–Kier alpha value is -3.69. The lowest BCUT2D eigenvalue weighted by atomic mass is 9.95. The highest BCUT2D eigenvalue weighted by atomic mass is 19.4. The van der Waals surface area contributed by atoms with Gasteiger partial charge in [0.25, 0.3) is 5.91 Å². The molecule has 4 rings (SSSR count). The fraction of sp³-hybridized carbons (Fsp3) is 0.304. The summed E-state index contributed by atoms with van der Waals surface area (Å²) in [6, 6.07) is 8.79. The highest BCUT2D eigenvalue weighted by molar-refractivity contribution is 6.01. The maximum Gasteiger partial charge on any atom is 0.416 e. The summed E-state index contributed by atoms with van der Waals surface area (Å²) in [5.41, 5.74) is 1.02. The van der Waals surface area contributed by atoms with Crippen molar-refractivity contribution in [3.63, 3.8) is 0 Å². The van der Waals surface area contributed by atoms with Crippen LogP contribution in [0.1, 0.15) is 22.7 Å². The highest BCUT2D eigenvalue weighted by Crippen LogP contribution is 2.39. The van der Waals surface area contributed by atoms with E-state index in [1.54, 1.807) is 25.2 Å². The second-order valence-electron chi connectivity index (χ2n) is 7.81. The molecule has 2 aliphatic rings. The molecule has 0 fully saturated rings.